The molecule has 0 fully saturated rings. The molecule has 0 aliphatic heterocycles. The van der Waals surface area contributed by atoms with Crippen LogP contribution < -0.4 is 4.74 Å². The maximum atomic E-state index is 10.9. The molecule has 0 unspecified atom stereocenters. The number of hydrogen-bond acceptors (Lipinski definition) is 3. The fourth-order valence-electron chi connectivity index (χ4n) is 1.62. The molecule has 2 rings (SSSR count). The van der Waals surface area contributed by atoms with E-state index >= 15 is 0 Å². The molecule has 0 aliphatic rings. The third-order valence-corrected chi connectivity index (χ3v) is 4.02. The van der Waals surface area contributed by atoms with Gasteiger partial charge in [0.25, 0.3) is 0 Å². The quantitative estimate of drug-likeness (QED) is 0.789. The number of aromatic carboxylic acids is 1. The minimum atomic E-state index is -1.22. The maximum absolute atomic E-state index is 10.9. The number of hydrogen-bond donors (Lipinski definition) is 2. The second kappa shape index (κ2) is 6.56. The highest BCUT2D eigenvalue weighted by Gasteiger charge is 2.14. The predicted octanol–water partition coefficient (Wildman–Crippen LogP) is 4.74. The topological polar surface area (TPSA) is 66.8 Å². The van der Waals surface area contributed by atoms with Crippen LogP contribution in [0.5, 0.6) is 11.5 Å². The summed E-state index contributed by atoms with van der Waals surface area (Å²) in [7, 11) is 0. The van der Waals surface area contributed by atoms with Crippen molar-refractivity contribution in [3.8, 4) is 11.5 Å². The van der Waals surface area contributed by atoms with Crippen LogP contribution in [0.2, 0.25) is 10.0 Å². The highest BCUT2D eigenvalue weighted by molar-refractivity contribution is 9.10. The van der Waals surface area contributed by atoms with Gasteiger partial charge < -0.3 is 14.9 Å². The highest BCUT2D eigenvalue weighted by atomic mass is 79.9. The van der Waals surface area contributed by atoms with Gasteiger partial charge in [-0.05, 0) is 39.7 Å². The summed E-state index contributed by atoms with van der Waals surface area (Å²) in [5.41, 5.74) is 0.585. The summed E-state index contributed by atoms with van der Waals surface area (Å²) in [6.45, 7) is 0.196. The lowest BCUT2D eigenvalue weighted by atomic mass is 10.2. The predicted molar refractivity (Wildman–Crippen MR) is 83.6 cm³/mol. The van der Waals surface area contributed by atoms with Crippen LogP contribution in [-0.2, 0) is 6.61 Å². The average molecular weight is 392 g/mol. The minimum Gasteiger partial charge on any atom is -0.507 e. The number of ether oxygens (including phenoxy) is 1. The second-order valence-corrected chi connectivity index (χ2v) is 5.81. The molecule has 0 bridgehead atoms. The van der Waals surface area contributed by atoms with E-state index in [1.54, 1.807) is 18.2 Å². The monoisotopic (exact) mass is 390 g/mol. The molecule has 0 atom stereocenters. The average Bonchev–Trinajstić information content (AvgIpc) is 2.42. The van der Waals surface area contributed by atoms with Gasteiger partial charge in [0.1, 0.15) is 23.7 Å². The van der Waals surface area contributed by atoms with Gasteiger partial charge in [-0.3, -0.25) is 0 Å². The van der Waals surface area contributed by atoms with E-state index in [2.05, 4.69) is 15.9 Å². The van der Waals surface area contributed by atoms with E-state index in [0.29, 0.717) is 20.3 Å². The Kier molecular flexibility index (Phi) is 4.98. The molecule has 2 aromatic carbocycles. The van der Waals surface area contributed by atoms with Crippen LogP contribution >= 0.6 is 39.1 Å². The number of phenols is 1. The van der Waals surface area contributed by atoms with Gasteiger partial charge in [-0.1, -0.05) is 29.3 Å². The zero-order chi connectivity index (χ0) is 15.6. The molecular formula is C14H9BrCl2O4. The van der Waals surface area contributed by atoms with Crippen molar-refractivity contribution in [2.24, 2.45) is 0 Å². The number of carbonyl (C=O) groups is 1. The van der Waals surface area contributed by atoms with Crippen molar-refractivity contribution < 1.29 is 19.7 Å². The Balaban J connectivity index is 2.18. The van der Waals surface area contributed by atoms with Gasteiger partial charge in [0, 0.05) is 6.07 Å². The fraction of sp³-hybridized carbons (Fsp3) is 0.0714. The van der Waals surface area contributed by atoms with Gasteiger partial charge in [-0.15, -0.1) is 0 Å². The molecule has 7 heteroatoms. The van der Waals surface area contributed by atoms with Crippen molar-refractivity contribution in [2.45, 2.75) is 6.61 Å². The van der Waals surface area contributed by atoms with Crippen LogP contribution in [0.15, 0.2) is 34.8 Å². The lowest BCUT2D eigenvalue weighted by molar-refractivity contribution is 0.0693. The lowest BCUT2D eigenvalue weighted by Gasteiger charge is -2.10. The molecule has 0 heterocycles. The number of rotatable bonds is 4. The van der Waals surface area contributed by atoms with Crippen molar-refractivity contribution >= 4 is 45.1 Å². The summed E-state index contributed by atoms with van der Waals surface area (Å²) in [6, 6.07) is 7.60. The Morgan fingerprint density at radius 2 is 1.90 bits per heavy atom. The van der Waals surface area contributed by atoms with E-state index in [4.69, 9.17) is 33.0 Å². The fourth-order valence-corrected chi connectivity index (χ4v) is 2.39. The third kappa shape index (κ3) is 3.81. The van der Waals surface area contributed by atoms with Crippen molar-refractivity contribution in [3.05, 3.63) is 56.0 Å². The first-order valence-electron chi connectivity index (χ1n) is 5.71. The van der Waals surface area contributed by atoms with Crippen LogP contribution in [0.25, 0.3) is 0 Å². The Morgan fingerprint density at radius 1 is 1.19 bits per heavy atom. The Bertz CT molecular complexity index is 704. The summed E-state index contributed by atoms with van der Waals surface area (Å²) < 4.78 is 5.96. The summed E-state index contributed by atoms with van der Waals surface area (Å²) in [6.07, 6.45) is 0. The second-order valence-electron chi connectivity index (χ2n) is 4.14. The molecule has 2 aromatic rings. The van der Waals surface area contributed by atoms with Crippen molar-refractivity contribution in [1.29, 1.82) is 0 Å². The number of halogens is 3. The van der Waals surface area contributed by atoms with Gasteiger partial charge in [-0.25, -0.2) is 4.79 Å². The molecule has 4 nitrogen and oxygen atoms in total. The lowest BCUT2D eigenvalue weighted by Crippen LogP contribution is -2.00. The molecule has 0 saturated carbocycles. The maximum Gasteiger partial charge on any atom is 0.339 e. The first-order chi connectivity index (χ1) is 9.88. The van der Waals surface area contributed by atoms with Gasteiger partial charge in [0.05, 0.1) is 14.5 Å². The first kappa shape index (κ1) is 15.9. The normalized spacial score (nSPS) is 10.4. The number of carboxylic acid groups (broad SMARTS) is 1. The molecule has 110 valence electrons. The largest absolute Gasteiger partial charge is 0.507 e. The number of benzene rings is 2. The van der Waals surface area contributed by atoms with E-state index in [1.807, 2.05) is 0 Å². The van der Waals surface area contributed by atoms with E-state index in [0.717, 1.165) is 5.56 Å². The molecule has 0 amide bonds. The molecule has 0 saturated heterocycles. The van der Waals surface area contributed by atoms with Crippen LogP contribution in [0.4, 0.5) is 0 Å². The zero-order valence-electron chi connectivity index (χ0n) is 10.4. The molecule has 0 aromatic heterocycles. The van der Waals surface area contributed by atoms with Gasteiger partial charge >= 0.3 is 5.97 Å². The van der Waals surface area contributed by atoms with Crippen molar-refractivity contribution in [2.75, 3.05) is 0 Å². The molecule has 0 aliphatic carbocycles. The highest BCUT2D eigenvalue weighted by Crippen LogP contribution is 2.33. The SMILES string of the molecule is O=C(O)c1cc(Br)c(OCc2ccc(Cl)c(Cl)c2)cc1O. The number of aromatic hydroxyl groups is 1. The van der Waals surface area contributed by atoms with Gasteiger partial charge in [0.2, 0.25) is 0 Å². The summed E-state index contributed by atoms with van der Waals surface area (Å²) in [5, 5.41) is 19.4. The molecule has 0 spiro atoms. The van der Waals surface area contributed by atoms with Gasteiger partial charge in [0.15, 0.2) is 0 Å². The van der Waals surface area contributed by atoms with E-state index in [-0.39, 0.29) is 17.9 Å². The van der Waals surface area contributed by atoms with Crippen LogP contribution in [0.3, 0.4) is 0 Å². The third-order valence-electron chi connectivity index (χ3n) is 2.66. The minimum absolute atomic E-state index is 0.196. The standard InChI is InChI=1S/C14H9BrCl2O4/c15-9-4-8(14(19)20)12(18)5-13(9)21-6-7-1-2-10(16)11(17)3-7/h1-5,18H,6H2,(H,19,20). The van der Waals surface area contributed by atoms with E-state index < -0.39 is 5.97 Å². The van der Waals surface area contributed by atoms with Crippen LogP contribution in [0.1, 0.15) is 15.9 Å². The summed E-state index contributed by atoms with van der Waals surface area (Å²) in [5.74, 6) is -1.26. The Morgan fingerprint density at radius 3 is 2.52 bits per heavy atom. The Hall–Kier alpha value is -1.43. The summed E-state index contributed by atoms with van der Waals surface area (Å²) in [4.78, 5) is 10.9. The van der Waals surface area contributed by atoms with E-state index in [1.165, 1.54) is 12.1 Å². The Labute approximate surface area is 139 Å². The van der Waals surface area contributed by atoms with Crippen LogP contribution in [-0.4, -0.2) is 16.2 Å². The zero-order valence-corrected chi connectivity index (χ0v) is 13.5. The first-order valence-corrected chi connectivity index (χ1v) is 7.26. The summed E-state index contributed by atoms with van der Waals surface area (Å²) >= 11 is 14.9. The van der Waals surface area contributed by atoms with Crippen molar-refractivity contribution in [1.82, 2.24) is 0 Å². The molecular weight excluding hydrogens is 383 g/mol. The van der Waals surface area contributed by atoms with E-state index in [9.17, 15) is 9.90 Å². The van der Waals surface area contributed by atoms with Crippen LogP contribution in [0, 0.1) is 0 Å². The van der Waals surface area contributed by atoms with Crippen molar-refractivity contribution in [3.63, 3.8) is 0 Å². The van der Waals surface area contributed by atoms with Gasteiger partial charge in [-0.2, -0.15) is 0 Å². The molecule has 0 radical (unpaired) electrons. The molecule has 2 N–H and O–H groups in total. The smallest absolute Gasteiger partial charge is 0.339 e. The molecule has 21 heavy (non-hydrogen) atoms. The number of carboxylic acids is 1.